The molecule has 1 fully saturated rings. The molecule has 106 valence electrons. The molecular formula is C14H22ClN3O. The number of ether oxygens (including phenoxy) is 1. The molecule has 2 atom stereocenters. The van der Waals surface area contributed by atoms with Crippen molar-refractivity contribution >= 4 is 17.5 Å². The number of halogens is 1. The average molecular weight is 284 g/mol. The Hall–Kier alpha value is -1.03. The van der Waals surface area contributed by atoms with E-state index in [4.69, 9.17) is 16.3 Å². The van der Waals surface area contributed by atoms with Gasteiger partial charge in [0.2, 0.25) is 11.8 Å². The van der Waals surface area contributed by atoms with E-state index in [0.717, 1.165) is 31.5 Å². The highest BCUT2D eigenvalue weighted by atomic mass is 35.5. The fourth-order valence-corrected chi connectivity index (χ4v) is 2.71. The number of aryl methyl sites for hydroxylation is 1. The normalized spacial score (nSPS) is 22.5. The summed E-state index contributed by atoms with van der Waals surface area (Å²) in [6.45, 7) is 5.61. The number of hydrogen-bond donors (Lipinski definition) is 1. The second-order valence-corrected chi connectivity index (χ2v) is 5.79. The lowest BCUT2D eigenvalue weighted by Gasteiger charge is -2.12. The van der Waals surface area contributed by atoms with E-state index in [1.165, 1.54) is 6.42 Å². The third-order valence-electron chi connectivity index (χ3n) is 3.31. The molecule has 0 aromatic carbocycles. The summed E-state index contributed by atoms with van der Waals surface area (Å²) in [5, 5.41) is 3.65. The molecular weight excluding hydrogens is 262 g/mol. The molecule has 1 heterocycles. The quantitative estimate of drug-likeness (QED) is 0.813. The highest BCUT2D eigenvalue weighted by Gasteiger charge is 2.22. The predicted molar refractivity (Wildman–Crippen MR) is 78.0 cm³/mol. The standard InChI is InChI=1S/C14H22ClN3O/c1-3-6-19-13-7-10(2)17-14(18-13)16-9-11-4-5-12(15)8-11/h7,11-12H,3-6,8-9H2,1-2H3,(H,16,17,18). The van der Waals surface area contributed by atoms with E-state index in [2.05, 4.69) is 22.2 Å². The molecule has 0 amide bonds. The first-order valence-electron chi connectivity index (χ1n) is 7.03. The van der Waals surface area contributed by atoms with Gasteiger partial charge in [-0.1, -0.05) is 6.92 Å². The topological polar surface area (TPSA) is 47.0 Å². The van der Waals surface area contributed by atoms with E-state index in [1.807, 2.05) is 13.0 Å². The third-order valence-corrected chi connectivity index (χ3v) is 3.71. The van der Waals surface area contributed by atoms with Crippen molar-refractivity contribution < 1.29 is 4.74 Å². The van der Waals surface area contributed by atoms with Crippen LogP contribution in [-0.2, 0) is 0 Å². The van der Waals surface area contributed by atoms with Crippen molar-refractivity contribution in [2.45, 2.75) is 44.9 Å². The molecule has 1 aromatic rings. The van der Waals surface area contributed by atoms with E-state index in [9.17, 15) is 0 Å². The number of nitrogens with one attached hydrogen (secondary N) is 1. The smallest absolute Gasteiger partial charge is 0.226 e. The summed E-state index contributed by atoms with van der Waals surface area (Å²) < 4.78 is 5.55. The number of hydrogen-bond acceptors (Lipinski definition) is 4. The molecule has 1 N–H and O–H groups in total. The minimum atomic E-state index is 0.341. The molecule has 1 aliphatic rings. The van der Waals surface area contributed by atoms with Gasteiger partial charge in [0, 0.05) is 23.7 Å². The summed E-state index contributed by atoms with van der Waals surface area (Å²) in [5.74, 6) is 1.94. The molecule has 0 spiro atoms. The van der Waals surface area contributed by atoms with Crippen LogP contribution in [0.2, 0.25) is 0 Å². The molecule has 0 saturated heterocycles. The van der Waals surface area contributed by atoms with Crippen molar-refractivity contribution in [1.29, 1.82) is 0 Å². The van der Waals surface area contributed by atoms with Crippen LogP contribution >= 0.6 is 11.6 Å². The van der Waals surface area contributed by atoms with Crippen molar-refractivity contribution in [3.05, 3.63) is 11.8 Å². The second-order valence-electron chi connectivity index (χ2n) is 5.18. The van der Waals surface area contributed by atoms with Gasteiger partial charge in [0.25, 0.3) is 0 Å². The van der Waals surface area contributed by atoms with Gasteiger partial charge in [-0.25, -0.2) is 4.98 Å². The monoisotopic (exact) mass is 283 g/mol. The minimum absolute atomic E-state index is 0.341. The lowest BCUT2D eigenvalue weighted by Crippen LogP contribution is -2.14. The van der Waals surface area contributed by atoms with Crippen LogP contribution in [0.3, 0.4) is 0 Å². The maximum Gasteiger partial charge on any atom is 0.226 e. The van der Waals surface area contributed by atoms with Crippen molar-refractivity contribution in [3.8, 4) is 5.88 Å². The van der Waals surface area contributed by atoms with Crippen molar-refractivity contribution in [2.24, 2.45) is 5.92 Å². The van der Waals surface area contributed by atoms with Gasteiger partial charge in [-0.2, -0.15) is 4.98 Å². The molecule has 0 bridgehead atoms. The lowest BCUT2D eigenvalue weighted by molar-refractivity contribution is 0.305. The van der Waals surface area contributed by atoms with Gasteiger partial charge in [-0.15, -0.1) is 11.6 Å². The van der Waals surface area contributed by atoms with E-state index >= 15 is 0 Å². The Morgan fingerprint density at radius 3 is 2.95 bits per heavy atom. The van der Waals surface area contributed by atoms with Gasteiger partial charge in [-0.05, 0) is 38.5 Å². The van der Waals surface area contributed by atoms with E-state index < -0.39 is 0 Å². The fourth-order valence-electron chi connectivity index (χ4n) is 2.33. The number of anilines is 1. The van der Waals surface area contributed by atoms with Gasteiger partial charge in [-0.3, -0.25) is 0 Å². The zero-order valence-electron chi connectivity index (χ0n) is 11.7. The second kappa shape index (κ2) is 6.94. The van der Waals surface area contributed by atoms with Gasteiger partial charge >= 0.3 is 0 Å². The van der Waals surface area contributed by atoms with Gasteiger partial charge in [0.1, 0.15) is 0 Å². The summed E-state index contributed by atoms with van der Waals surface area (Å²) in [5.41, 5.74) is 0.922. The Morgan fingerprint density at radius 1 is 1.42 bits per heavy atom. The largest absolute Gasteiger partial charge is 0.478 e. The van der Waals surface area contributed by atoms with Crippen LogP contribution in [0.4, 0.5) is 5.95 Å². The first-order chi connectivity index (χ1) is 9.17. The van der Waals surface area contributed by atoms with E-state index in [-0.39, 0.29) is 0 Å². The average Bonchev–Trinajstić information content (AvgIpc) is 2.79. The number of rotatable bonds is 6. The van der Waals surface area contributed by atoms with Crippen LogP contribution < -0.4 is 10.1 Å². The summed E-state index contributed by atoms with van der Waals surface area (Å²) in [7, 11) is 0. The summed E-state index contributed by atoms with van der Waals surface area (Å²) in [6, 6.07) is 1.87. The number of nitrogens with zero attached hydrogens (tertiary/aromatic N) is 2. The first kappa shape index (κ1) is 14.4. The Labute approximate surface area is 119 Å². The maximum atomic E-state index is 6.12. The van der Waals surface area contributed by atoms with Crippen molar-refractivity contribution in [2.75, 3.05) is 18.5 Å². The molecule has 4 nitrogen and oxygen atoms in total. The molecule has 5 heteroatoms. The molecule has 0 radical (unpaired) electrons. The Kier molecular flexibility index (Phi) is 5.25. The van der Waals surface area contributed by atoms with Crippen LogP contribution in [-0.4, -0.2) is 28.5 Å². The van der Waals surface area contributed by atoms with E-state index in [0.29, 0.717) is 29.7 Å². The molecule has 1 aromatic heterocycles. The molecule has 19 heavy (non-hydrogen) atoms. The van der Waals surface area contributed by atoms with Gasteiger partial charge < -0.3 is 10.1 Å². The molecule has 1 aliphatic carbocycles. The highest BCUT2D eigenvalue weighted by Crippen LogP contribution is 2.29. The van der Waals surface area contributed by atoms with Crippen molar-refractivity contribution in [1.82, 2.24) is 9.97 Å². The summed E-state index contributed by atoms with van der Waals surface area (Å²) in [4.78, 5) is 8.76. The lowest BCUT2D eigenvalue weighted by atomic mass is 10.1. The number of aromatic nitrogens is 2. The van der Waals surface area contributed by atoms with Crippen LogP contribution in [0.15, 0.2) is 6.07 Å². The SMILES string of the molecule is CCCOc1cc(C)nc(NCC2CCC(Cl)C2)n1. The van der Waals surface area contributed by atoms with Gasteiger partial charge in [0.15, 0.2) is 0 Å². The van der Waals surface area contributed by atoms with Crippen molar-refractivity contribution in [3.63, 3.8) is 0 Å². The number of alkyl halides is 1. The van der Waals surface area contributed by atoms with Crippen LogP contribution in [0.1, 0.15) is 38.3 Å². The highest BCUT2D eigenvalue weighted by molar-refractivity contribution is 6.20. The minimum Gasteiger partial charge on any atom is -0.478 e. The Morgan fingerprint density at radius 2 is 2.26 bits per heavy atom. The zero-order valence-corrected chi connectivity index (χ0v) is 12.4. The Bertz CT molecular complexity index is 414. The third kappa shape index (κ3) is 4.53. The Balaban J connectivity index is 1.90. The zero-order chi connectivity index (χ0) is 13.7. The summed E-state index contributed by atoms with van der Waals surface area (Å²) >= 11 is 6.12. The molecule has 0 aliphatic heterocycles. The van der Waals surface area contributed by atoms with E-state index in [1.54, 1.807) is 0 Å². The fraction of sp³-hybridized carbons (Fsp3) is 0.714. The molecule has 2 rings (SSSR count). The summed E-state index contributed by atoms with van der Waals surface area (Å²) in [6.07, 6.45) is 4.37. The maximum absolute atomic E-state index is 6.12. The van der Waals surface area contributed by atoms with Crippen LogP contribution in [0.25, 0.3) is 0 Å². The predicted octanol–water partition coefficient (Wildman–Crippen LogP) is 3.39. The van der Waals surface area contributed by atoms with Crippen LogP contribution in [0.5, 0.6) is 5.88 Å². The van der Waals surface area contributed by atoms with Crippen LogP contribution in [0, 0.1) is 12.8 Å². The first-order valence-corrected chi connectivity index (χ1v) is 7.47. The molecule has 1 saturated carbocycles. The van der Waals surface area contributed by atoms with Gasteiger partial charge in [0.05, 0.1) is 6.61 Å². The molecule has 2 unspecified atom stereocenters.